The van der Waals surface area contributed by atoms with Gasteiger partial charge in [-0.2, -0.15) is 0 Å². The summed E-state index contributed by atoms with van der Waals surface area (Å²) < 4.78 is 2.05. The molecule has 2 nitrogen and oxygen atoms in total. The maximum absolute atomic E-state index is 11.9. The number of rotatable bonds is 4. The van der Waals surface area contributed by atoms with Gasteiger partial charge >= 0.3 is 0 Å². The van der Waals surface area contributed by atoms with E-state index in [1.165, 1.54) is 5.69 Å². The van der Waals surface area contributed by atoms with Crippen LogP contribution < -0.4 is 28.5 Å². The molecule has 2 aromatic rings. The van der Waals surface area contributed by atoms with Gasteiger partial charge in [0.25, 0.3) is 0 Å². The molecule has 0 unspecified atom stereocenters. The van der Waals surface area contributed by atoms with Gasteiger partial charge in [-0.15, -0.1) is 0 Å². The third kappa shape index (κ3) is 3.91. The Morgan fingerprint density at radius 1 is 1.06 bits per heavy atom. The van der Waals surface area contributed by atoms with Crippen molar-refractivity contribution in [1.82, 2.24) is 0 Å². The fraction of sp³-hybridized carbons (Fsp3) is 0.200. The van der Waals surface area contributed by atoms with Gasteiger partial charge in [-0.05, 0) is 0 Å². The van der Waals surface area contributed by atoms with Crippen LogP contribution in [0.3, 0.4) is 0 Å². The van der Waals surface area contributed by atoms with Crippen LogP contribution in [-0.4, -0.2) is 5.78 Å². The number of aromatic nitrogens is 1. The molecule has 0 N–H and O–H groups in total. The zero-order valence-corrected chi connectivity index (χ0v) is 12.5. The maximum atomic E-state index is 11.9. The molecule has 0 saturated carbocycles. The Bertz CT molecular complexity index is 511. The summed E-state index contributed by atoms with van der Waals surface area (Å²) in [5, 5.41) is 0. The number of ketones is 1. The molecule has 3 heteroatoms. The Kier molecular flexibility index (Phi) is 5.98. The minimum absolute atomic E-state index is 0. The van der Waals surface area contributed by atoms with Crippen LogP contribution in [0.15, 0.2) is 54.7 Å². The lowest BCUT2D eigenvalue weighted by molar-refractivity contribution is -0.679. The largest absolute Gasteiger partial charge is 1.00 e. The minimum atomic E-state index is 0. The van der Waals surface area contributed by atoms with E-state index < -0.39 is 0 Å². The average molecular weight is 353 g/mol. The summed E-state index contributed by atoms with van der Waals surface area (Å²) in [6.07, 6.45) is 3.34. The molecule has 0 atom stereocenters. The van der Waals surface area contributed by atoms with E-state index in [2.05, 4.69) is 10.6 Å². The second kappa shape index (κ2) is 7.26. The number of carbonyl (C=O) groups excluding carboxylic acids is 1. The number of hydrogen-bond donors (Lipinski definition) is 0. The van der Waals surface area contributed by atoms with Gasteiger partial charge in [0.2, 0.25) is 0 Å². The van der Waals surface area contributed by atoms with Crippen LogP contribution in [0.1, 0.15) is 22.5 Å². The number of nitrogens with zero attached hydrogens (tertiary/aromatic N) is 1. The standard InChI is InChI=1S/C15H16NO.HI/c1-16-12-6-5-9-14(16)10-11-15(17)13-7-3-2-4-8-13;/h2-9,12H,10-11H2,1H3;1H/q+1;/p-1. The van der Waals surface area contributed by atoms with Gasteiger partial charge in [-0.1, -0.05) is 36.4 Å². The summed E-state index contributed by atoms with van der Waals surface area (Å²) in [6, 6.07) is 15.5. The van der Waals surface area contributed by atoms with Crippen molar-refractivity contribution in [1.29, 1.82) is 0 Å². The lowest BCUT2D eigenvalue weighted by atomic mass is 10.1. The van der Waals surface area contributed by atoms with E-state index in [0.29, 0.717) is 6.42 Å². The van der Waals surface area contributed by atoms with Gasteiger partial charge in [0.05, 0.1) is 0 Å². The van der Waals surface area contributed by atoms with E-state index in [4.69, 9.17) is 0 Å². The molecule has 0 spiro atoms. The molecule has 1 aromatic carbocycles. The van der Waals surface area contributed by atoms with E-state index in [9.17, 15) is 4.79 Å². The third-order valence-electron chi connectivity index (χ3n) is 2.87. The molecule has 0 fully saturated rings. The predicted octanol–water partition coefficient (Wildman–Crippen LogP) is -0.669. The molecule has 1 heterocycles. The molecule has 0 bridgehead atoms. The smallest absolute Gasteiger partial charge is 0.181 e. The van der Waals surface area contributed by atoms with Crippen LogP contribution >= 0.6 is 0 Å². The molecule has 0 aliphatic rings. The van der Waals surface area contributed by atoms with Crippen molar-refractivity contribution in [3.05, 3.63) is 66.0 Å². The Hall–Kier alpha value is -1.23. The monoisotopic (exact) mass is 353 g/mol. The maximum Gasteiger partial charge on any atom is 0.181 e. The van der Waals surface area contributed by atoms with Crippen molar-refractivity contribution in [2.45, 2.75) is 12.8 Å². The molecular weight excluding hydrogens is 337 g/mol. The van der Waals surface area contributed by atoms with Crippen LogP contribution in [0, 0.1) is 0 Å². The Morgan fingerprint density at radius 2 is 1.72 bits per heavy atom. The van der Waals surface area contributed by atoms with Gasteiger partial charge in [0.1, 0.15) is 7.05 Å². The van der Waals surface area contributed by atoms with Crippen molar-refractivity contribution < 1.29 is 33.3 Å². The lowest BCUT2D eigenvalue weighted by Gasteiger charge is -2.00. The highest BCUT2D eigenvalue weighted by molar-refractivity contribution is 5.96. The first kappa shape index (κ1) is 14.8. The number of halogens is 1. The Balaban J connectivity index is 0.00000162. The summed E-state index contributed by atoms with van der Waals surface area (Å²) in [7, 11) is 2.00. The highest BCUT2D eigenvalue weighted by atomic mass is 127. The van der Waals surface area contributed by atoms with Crippen molar-refractivity contribution in [3.63, 3.8) is 0 Å². The van der Waals surface area contributed by atoms with Crippen LogP contribution in [-0.2, 0) is 13.5 Å². The molecule has 18 heavy (non-hydrogen) atoms. The molecule has 0 aliphatic carbocycles. The molecule has 0 amide bonds. The van der Waals surface area contributed by atoms with Crippen LogP contribution in [0.4, 0.5) is 0 Å². The molecule has 94 valence electrons. The zero-order valence-electron chi connectivity index (χ0n) is 10.3. The Labute approximate surface area is 125 Å². The summed E-state index contributed by atoms with van der Waals surface area (Å²) >= 11 is 0. The highest BCUT2D eigenvalue weighted by Crippen LogP contribution is 2.05. The quantitative estimate of drug-likeness (QED) is 0.406. The van der Waals surface area contributed by atoms with Crippen LogP contribution in [0.2, 0.25) is 0 Å². The molecule has 0 aliphatic heterocycles. The van der Waals surface area contributed by atoms with Gasteiger partial charge in [0.15, 0.2) is 17.7 Å². The second-order valence-electron chi connectivity index (χ2n) is 4.09. The van der Waals surface area contributed by atoms with Crippen molar-refractivity contribution >= 4 is 5.78 Å². The zero-order chi connectivity index (χ0) is 12.1. The van der Waals surface area contributed by atoms with Gasteiger partial charge in [0, 0.05) is 30.5 Å². The molecule has 1 aromatic heterocycles. The Morgan fingerprint density at radius 3 is 2.39 bits per heavy atom. The number of hydrogen-bond acceptors (Lipinski definition) is 1. The van der Waals surface area contributed by atoms with Gasteiger partial charge in [-0.25, -0.2) is 4.57 Å². The molecule has 2 rings (SSSR count). The first-order chi connectivity index (χ1) is 8.27. The molecule has 0 saturated heterocycles. The van der Waals surface area contributed by atoms with Crippen molar-refractivity contribution in [3.8, 4) is 0 Å². The summed E-state index contributed by atoms with van der Waals surface area (Å²) in [6.45, 7) is 0. The minimum Gasteiger partial charge on any atom is -1.00 e. The van der Waals surface area contributed by atoms with E-state index in [-0.39, 0.29) is 29.8 Å². The third-order valence-corrected chi connectivity index (χ3v) is 2.87. The fourth-order valence-electron chi connectivity index (χ4n) is 1.83. The van der Waals surface area contributed by atoms with Gasteiger partial charge < -0.3 is 24.0 Å². The number of aryl methyl sites for hydroxylation is 2. The summed E-state index contributed by atoms with van der Waals surface area (Å²) in [5.41, 5.74) is 1.97. The first-order valence-corrected chi connectivity index (χ1v) is 5.79. The fourth-order valence-corrected chi connectivity index (χ4v) is 1.83. The van der Waals surface area contributed by atoms with Crippen LogP contribution in [0.5, 0.6) is 0 Å². The SMILES string of the molecule is C[n+]1ccccc1CCC(=O)c1ccccc1.[I-]. The lowest BCUT2D eigenvalue weighted by Crippen LogP contribution is -3.00. The summed E-state index contributed by atoms with van der Waals surface area (Å²) in [5.74, 6) is 0.203. The number of pyridine rings is 1. The number of Topliss-reactive ketones (excluding diaryl/α,β-unsaturated/α-hetero) is 1. The van der Waals surface area contributed by atoms with Crippen LogP contribution in [0.25, 0.3) is 0 Å². The second-order valence-corrected chi connectivity index (χ2v) is 4.09. The van der Waals surface area contributed by atoms with Crippen molar-refractivity contribution in [2.75, 3.05) is 0 Å². The topological polar surface area (TPSA) is 20.9 Å². The molecule has 0 radical (unpaired) electrons. The predicted molar refractivity (Wildman–Crippen MR) is 66.7 cm³/mol. The normalized spacial score (nSPS) is 9.61. The number of benzene rings is 1. The van der Waals surface area contributed by atoms with Crippen molar-refractivity contribution in [2.24, 2.45) is 7.05 Å². The van der Waals surface area contributed by atoms with Gasteiger partial charge in [-0.3, -0.25) is 4.79 Å². The average Bonchev–Trinajstić information content (AvgIpc) is 2.38. The first-order valence-electron chi connectivity index (χ1n) is 5.79. The van der Waals surface area contributed by atoms with E-state index in [1.54, 1.807) is 0 Å². The van der Waals surface area contributed by atoms with E-state index in [1.807, 2.05) is 55.7 Å². The summed E-state index contributed by atoms with van der Waals surface area (Å²) in [4.78, 5) is 11.9. The van der Waals surface area contributed by atoms with E-state index >= 15 is 0 Å². The highest BCUT2D eigenvalue weighted by Gasteiger charge is 2.09. The molecular formula is C15H16INO. The number of carbonyl (C=O) groups is 1. The van der Waals surface area contributed by atoms with E-state index in [0.717, 1.165) is 12.0 Å².